The van der Waals surface area contributed by atoms with E-state index in [0.717, 1.165) is 13.1 Å². The maximum absolute atomic E-state index is 12.5. The Kier molecular flexibility index (Phi) is 7.16. The number of nitrogens with zero attached hydrogens (tertiary/aromatic N) is 2. The van der Waals surface area contributed by atoms with Gasteiger partial charge in [-0.1, -0.05) is 13.8 Å². The van der Waals surface area contributed by atoms with E-state index < -0.39 is 10.0 Å². The summed E-state index contributed by atoms with van der Waals surface area (Å²) in [7, 11) is -3.48. The first-order chi connectivity index (χ1) is 12.3. The van der Waals surface area contributed by atoms with Gasteiger partial charge in [0.15, 0.2) is 0 Å². The van der Waals surface area contributed by atoms with Crippen molar-refractivity contribution in [3.63, 3.8) is 0 Å². The van der Waals surface area contributed by atoms with E-state index in [0.29, 0.717) is 18.8 Å². The fourth-order valence-corrected chi connectivity index (χ4v) is 4.70. The molecule has 0 unspecified atom stereocenters. The number of anilines is 1. The highest BCUT2D eigenvalue weighted by Crippen LogP contribution is 2.18. The third-order valence-electron chi connectivity index (χ3n) is 4.34. The van der Waals surface area contributed by atoms with Crippen LogP contribution in [0.1, 0.15) is 27.7 Å². The number of hydrogen-bond donors (Lipinski definition) is 1. The van der Waals surface area contributed by atoms with Gasteiger partial charge in [-0.05, 0) is 38.1 Å². The second-order valence-electron chi connectivity index (χ2n) is 6.61. The SMILES string of the molecule is CCN(CC)S(=O)(=O)c1ccc(NC(=O)CN2C[C@@H](C)O[C@H](C)C2)cc1. The number of sulfonamides is 1. The van der Waals surface area contributed by atoms with E-state index >= 15 is 0 Å². The highest BCUT2D eigenvalue weighted by atomic mass is 32.2. The molecule has 1 aliphatic heterocycles. The number of ether oxygens (including phenoxy) is 1. The number of amides is 1. The molecule has 2 rings (SSSR count). The van der Waals surface area contributed by atoms with E-state index in [4.69, 9.17) is 4.74 Å². The Balaban J connectivity index is 1.97. The van der Waals surface area contributed by atoms with Crippen molar-refractivity contribution in [1.29, 1.82) is 0 Å². The number of carbonyl (C=O) groups excluding carboxylic acids is 1. The van der Waals surface area contributed by atoms with Crippen LogP contribution in [-0.4, -0.2) is 68.5 Å². The summed E-state index contributed by atoms with van der Waals surface area (Å²) in [6.45, 7) is 10.2. The molecule has 8 heteroatoms. The van der Waals surface area contributed by atoms with E-state index in [1.807, 2.05) is 27.7 Å². The molecule has 1 aliphatic rings. The predicted octanol–water partition coefficient (Wildman–Crippen LogP) is 1.76. The first-order valence-corrected chi connectivity index (χ1v) is 10.5. The zero-order valence-corrected chi connectivity index (χ0v) is 16.8. The van der Waals surface area contributed by atoms with Gasteiger partial charge in [0.05, 0.1) is 23.6 Å². The number of hydrogen-bond acceptors (Lipinski definition) is 5. The summed E-state index contributed by atoms with van der Waals surface area (Å²) >= 11 is 0. The molecule has 1 saturated heterocycles. The first-order valence-electron chi connectivity index (χ1n) is 9.04. The fraction of sp³-hybridized carbons (Fsp3) is 0.611. The molecule has 1 aromatic carbocycles. The number of benzene rings is 1. The maximum atomic E-state index is 12.5. The lowest BCUT2D eigenvalue weighted by Crippen LogP contribution is -2.48. The van der Waals surface area contributed by atoms with E-state index in [9.17, 15) is 13.2 Å². The summed E-state index contributed by atoms with van der Waals surface area (Å²) in [4.78, 5) is 14.6. The van der Waals surface area contributed by atoms with Gasteiger partial charge in [0.2, 0.25) is 15.9 Å². The molecule has 7 nitrogen and oxygen atoms in total. The van der Waals surface area contributed by atoms with Crippen molar-refractivity contribution in [3.05, 3.63) is 24.3 Å². The average Bonchev–Trinajstić information content (AvgIpc) is 2.55. The normalized spacial score (nSPS) is 21.7. The Morgan fingerprint density at radius 1 is 1.15 bits per heavy atom. The van der Waals surface area contributed by atoms with Crippen LogP contribution in [0.5, 0.6) is 0 Å². The Morgan fingerprint density at radius 3 is 2.19 bits per heavy atom. The van der Waals surface area contributed by atoms with Crippen molar-refractivity contribution in [2.24, 2.45) is 0 Å². The first kappa shape index (κ1) is 20.8. The Bertz CT molecular complexity index is 692. The largest absolute Gasteiger partial charge is 0.373 e. The van der Waals surface area contributed by atoms with Crippen molar-refractivity contribution < 1.29 is 17.9 Å². The molecule has 0 bridgehead atoms. The minimum absolute atomic E-state index is 0.108. The smallest absolute Gasteiger partial charge is 0.243 e. The van der Waals surface area contributed by atoms with Gasteiger partial charge in [-0.3, -0.25) is 9.69 Å². The van der Waals surface area contributed by atoms with Crippen LogP contribution in [0.4, 0.5) is 5.69 Å². The van der Waals surface area contributed by atoms with Crippen LogP contribution in [0, 0.1) is 0 Å². The lowest BCUT2D eigenvalue weighted by molar-refractivity contribution is -0.121. The van der Waals surface area contributed by atoms with Crippen molar-refractivity contribution in [2.75, 3.05) is 38.0 Å². The summed E-state index contributed by atoms with van der Waals surface area (Å²) in [5.41, 5.74) is 0.586. The molecule has 1 aromatic rings. The van der Waals surface area contributed by atoms with Crippen molar-refractivity contribution in [2.45, 2.75) is 44.8 Å². The minimum Gasteiger partial charge on any atom is -0.373 e. The molecule has 146 valence electrons. The summed E-state index contributed by atoms with van der Waals surface area (Å²) in [6.07, 6.45) is 0.215. The number of carbonyl (C=O) groups is 1. The third kappa shape index (κ3) is 5.26. The summed E-state index contributed by atoms with van der Waals surface area (Å²) in [6, 6.07) is 6.31. The molecule has 0 spiro atoms. The van der Waals surface area contributed by atoms with Gasteiger partial charge in [0.25, 0.3) is 0 Å². The average molecular weight is 384 g/mol. The number of morpholine rings is 1. The number of nitrogens with one attached hydrogen (secondary N) is 1. The van der Waals surface area contributed by atoms with Crippen LogP contribution >= 0.6 is 0 Å². The molecular weight excluding hydrogens is 354 g/mol. The van der Waals surface area contributed by atoms with Crippen LogP contribution < -0.4 is 5.32 Å². The van der Waals surface area contributed by atoms with Gasteiger partial charge < -0.3 is 10.1 Å². The van der Waals surface area contributed by atoms with Gasteiger partial charge in [-0.2, -0.15) is 4.31 Å². The lowest BCUT2D eigenvalue weighted by atomic mass is 10.2. The Labute approximate surface area is 156 Å². The Hall–Kier alpha value is -1.48. The standard InChI is InChI=1S/C18H29N3O4S/c1-5-21(6-2)26(23,24)17-9-7-16(8-10-17)19-18(22)13-20-11-14(3)25-15(4)12-20/h7-10,14-15H,5-6,11-13H2,1-4H3,(H,19,22)/t14-,15-/m1/s1. The molecule has 1 amide bonds. The van der Waals surface area contributed by atoms with E-state index in [1.165, 1.54) is 16.4 Å². The second-order valence-corrected chi connectivity index (χ2v) is 8.55. The Morgan fingerprint density at radius 2 is 1.69 bits per heavy atom. The van der Waals surface area contributed by atoms with Gasteiger partial charge in [-0.15, -0.1) is 0 Å². The minimum atomic E-state index is -3.48. The van der Waals surface area contributed by atoms with Gasteiger partial charge in [0, 0.05) is 31.9 Å². The number of rotatable bonds is 7. The van der Waals surface area contributed by atoms with Crippen LogP contribution in [0.2, 0.25) is 0 Å². The van der Waals surface area contributed by atoms with E-state index in [-0.39, 0.29) is 29.6 Å². The molecule has 1 heterocycles. The summed E-state index contributed by atoms with van der Waals surface area (Å²) in [5.74, 6) is -0.120. The summed E-state index contributed by atoms with van der Waals surface area (Å²) in [5, 5.41) is 2.82. The van der Waals surface area contributed by atoms with Crippen molar-refractivity contribution in [3.8, 4) is 0 Å². The highest BCUT2D eigenvalue weighted by Gasteiger charge is 2.24. The summed E-state index contributed by atoms with van der Waals surface area (Å²) < 4.78 is 32.0. The molecule has 1 fully saturated rings. The van der Waals surface area contributed by atoms with Crippen LogP contribution in [-0.2, 0) is 19.6 Å². The van der Waals surface area contributed by atoms with Crippen LogP contribution in [0.3, 0.4) is 0 Å². The van der Waals surface area contributed by atoms with Crippen molar-refractivity contribution in [1.82, 2.24) is 9.21 Å². The van der Waals surface area contributed by atoms with E-state index in [1.54, 1.807) is 12.1 Å². The zero-order chi connectivity index (χ0) is 19.3. The van der Waals surface area contributed by atoms with Gasteiger partial charge in [0.1, 0.15) is 0 Å². The fourth-order valence-electron chi connectivity index (χ4n) is 3.24. The molecule has 0 aliphatic carbocycles. The molecule has 0 radical (unpaired) electrons. The molecule has 26 heavy (non-hydrogen) atoms. The van der Waals surface area contributed by atoms with Crippen LogP contribution in [0.15, 0.2) is 29.2 Å². The molecule has 0 aromatic heterocycles. The monoisotopic (exact) mass is 383 g/mol. The third-order valence-corrected chi connectivity index (χ3v) is 6.41. The predicted molar refractivity (Wildman–Crippen MR) is 102 cm³/mol. The van der Waals surface area contributed by atoms with Gasteiger partial charge in [-0.25, -0.2) is 8.42 Å². The van der Waals surface area contributed by atoms with Crippen LogP contribution in [0.25, 0.3) is 0 Å². The second kappa shape index (κ2) is 8.94. The van der Waals surface area contributed by atoms with E-state index in [2.05, 4.69) is 10.2 Å². The quantitative estimate of drug-likeness (QED) is 0.776. The highest BCUT2D eigenvalue weighted by molar-refractivity contribution is 7.89. The lowest BCUT2D eigenvalue weighted by Gasteiger charge is -2.34. The molecule has 0 saturated carbocycles. The molecule has 2 atom stereocenters. The molecule has 1 N–H and O–H groups in total. The molecular formula is C18H29N3O4S. The van der Waals surface area contributed by atoms with Crippen molar-refractivity contribution >= 4 is 21.6 Å². The topological polar surface area (TPSA) is 79.0 Å². The zero-order valence-electron chi connectivity index (χ0n) is 15.9. The maximum Gasteiger partial charge on any atom is 0.243 e. The van der Waals surface area contributed by atoms with Gasteiger partial charge >= 0.3 is 0 Å².